The molecule has 1 amide bonds. The molecule has 2 atom stereocenters. The number of amides is 1. The fraction of sp³-hybridized carbons (Fsp3) is 0.524. The molecule has 1 aromatic carbocycles. The van der Waals surface area contributed by atoms with E-state index in [2.05, 4.69) is 25.9 Å². The van der Waals surface area contributed by atoms with E-state index in [1.54, 1.807) is 13.2 Å². The van der Waals surface area contributed by atoms with Crippen molar-refractivity contribution in [2.45, 2.75) is 46.1 Å². The first-order chi connectivity index (χ1) is 12.3. The Morgan fingerprint density at radius 2 is 2.08 bits per heavy atom. The topological polar surface area (TPSA) is 55.6 Å². The van der Waals surface area contributed by atoms with Crippen LogP contribution in [0.1, 0.15) is 50.5 Å². The Balaban J connectivity index is 1.57. The minimum Gasteiger partial charge on any atom is -0.497 e. The third kappa shape index (κ3) is 3.00. The van der Waals surface area contributed by atoms with Gasteiger partial charge in [0.05, 0.1) is 7.11 Å². The van der Waals surface area contributed by atoms with Gasteiger partial charge >= 0.3 is 0 Å². The second kappa shape index (κ2) is 5.86. The van der Waals surface area contributed by atoms with Crippen molar-refractivity contribution >= 4 is 5.91 Å². The minimum atomic E-state index is -0.0191. The van der Waals surface area contributed by atoms with Crippen LogP contribution in [0.25, 0.3) is 11.3 Å². The standard InChI is InChI=1S/C21H26N2O3/c1-20(2)10-15-11-21(3,12-20)13-23(15)19(24)17-9-18(26-22-17)14-6-5-7-16(8-14)25-4/h5-9,15H,10-13H2,1-4H3/t15-,21-/m0/s1. The lowest BCUT2D eigenvalue weighted by Gasteiger charge is -2.39. The van der Waals surface area contributed by atoms with E-state index in [0.29, 0.717) is 17.5 Å². The molecule has 1 aliphatic carbocycles. The smallest absolute Gasteiger partial charge is 0.276 e. The molecule has 4 rings (SSSR count). The number of nitrogens with zero attached hydrogens (tertiary/aromatic N) is 2. The van der Waals surface area contributed by atoms with Crippen LogP contribution in [0.3, 0.4) is 0 Å². The number of carbonyl (C=O) groups excluding carboxylic acids is 1. The maximum Gasteiger partial charge on any atom is 0.276 e. The molecule has 2 heterocycles. The van der Waals surface area contributed by atoms with Crippen molar-refractivity contribution in [2.24, 2.45) is 10.8 Å². The van der Waals surface area contributed by atoms with Gasteiger partial charge in [0, 0.05) is 24.2 Å². The number of benzene rings is 1. The molecule has 1 aromatic heterocycles. The number of hydrogen-bond donors (Lipinski definition) is 0. The van der Waals surface area contributed by atoms with Crippen molar-refractivity contribution < 1.29 is 14.1 Å². The predicted molar refractivity (Wildman–Crippen MR) is 99.1 cm³/mol. The maximum absolute atomic E-state index is 13.1. The molecule has 0 radical (unpaired) electrons. The van der Waals surface area contributed by atoms with Gasteiger partial charge in [-0.15, -0.1) is 0 Å². The van der Waals surface area contributed by atoms with Crippen LogP contribution in [0.2, 0.25) is 0 Å². The van der Waals surface area contributed by atoms with Crippen molar-refractivity contribution in [3.63, 3.8) is 0 Å². The lowest BCUT2D eigenvalue weighted by Crippen LogP contribution is -2.37. The largest absolute Gasteiger partial charge is 0.497 e. The first-order valence-electron chi connectivity index (χ1n) is 9.21. The summed E-state index contributed by atoms with van der Waals surface area (Å²) < 4.78 is 10.7. The Bertz CT molecular complexity index is 841. The fourth-order valence-electron chi connectivity index (χ4n) is 5.13. The molecule has 5 nitrogen and oxygen atoms in total. The van der Waals surface area contributed by atoms with Crippen LogP contribution in [0.4, 0.5) is 0 Å². The van der Waals surface area contributed by atoms with Gasteiger partial charge in [0.15, 0.2) is 11.5 Å². The highest BCUT2D eigenvalue weighted by Gasteiger charge is 2.51. The van der Waals surface area contributed by atoms with Gasteiger partial charge in [-0.25, -0.2) is 0 Å². The van der Waals surface area contributed by atoms with Crippen molar-refractivity contribution in [3.05, 3.63) is 36.0 Å². The molecule has 1 saturated heterocycles. The van der Waals surface area contributed by atoms with E-state index in [-0.39, 0.29) is 16.7 Å². The highest BCUT2D eigenvalue weighted by Crippen LogP contribution is 2.52. The van der Waals surface area contributed by atoms with E-state index in [1.165, 1.54) is 0 Å². The van der Waals surface area contributed by atoms with Crippen LogP contribution in [0.5, 0.6) is 5.75 Å². The zero-order valence-electron chi connectivity index (χ0n) is 15.9. The number of fused-ring (bicyclic) bond motifs is 2. The van der Waals surface area contributed by atoms with Gasteiger partial charge in [-0.1, -0.05) is 38.1 Å². The Labute approximate surface area is 154 Å². The summed E-state index contributed by atoms with van der Waals surface area (Å²) in [4.78, 5) is 15.1. The molecule has 2 fully saturated rings. The second-order valence-corrected chi connectivity index (χ2v) is 8.96. The monoisotopic (exact) mass is 354 g/mol. The summed E-state index contributed by atoms with van der Waals surface area (Å²) >= 11 is 0. The lowest BCUT2D eigenvalue weighted by molar-refractivity contribution is 0.0698. The van der Waals surface area contributed by atoms with Crippen LogP contribution >= 0.6 is 0 Å². The summed E-state index contributed by atoms with van der Waals surface area (Å²) in [6.07, 6.45) is 3.30. The molecule has 0 unspecified atom stereocenters. The van der Waals surface area contributed by atoms with Crippen molar-refractivity contribution in [2.75, 3.05) is 13.7 Å². The lowest BCUT2D eigenvalue weighted by atomic mass is 9.65. The van der Waals surface area contributed by atoms with Crippen LogP contribution in [-0.4, -0.2) is 35.7 Å². The number of methoxy groups -OCH3 is 1. The molecule has 2 bridgehead atoms. The molecule has 0 spiro atoms. The molecule has 5 heteroatoms. The number of likely N-dealkylation sites (tertiary alicyclic amines) is 1. The van der Waals surface area contributed by atoms with E-state index in [1.807, 2.05) is 29.2 Å². The third-order valence-corrected chi connectivity index (χ3v) is 5.76. The summed E-state index contributed by atoms with van der Waals surface area (Å²) in [5.74, 6) is 1.31. The van der Waals surface area contributed by atoms with Crippen LogP contribution in [0, 0.1) is 10.8 Å². The maximum atomic E-state index is 13.1. The zero-order chi connectivity index (χ0) is 18.5. The van der Waals surface area contributed by atoms with Crippen molar-refractivity contribution in [3.8, 4) is 17.1 Å². The van der Waals surface area contributed by atoms with E-state index in [4.69, 9.17) is 9.26 Å². The number of carbonyl (C=O) groups is 1. The third-order valence-electron chi connectivity index (χ3n) is 5.76. The normalized spacial score (nSPS) is 26.8. The summed E-state index contributed by atoms with van der Waals surface area (Å²) in [7, 11) is 1.63. The quantitative estimate of drug-likeness (QED) is 0.820. The van der Waals surface area contributed by atoms with Crippen LogP contribution in [0.15, 0.2) is 34.9 Å². The fourth-order valence-corrected chi connectivity index (χ4v) is 5.13. The molecule has 138 valence electrons. The van der Waals surface area contributed by atoms with Gasteiger partial charge < -0.3 is 14.2 Å². The highest BCUT2D eigenvalue weighted by atomic mass is 16.5. The van der Waals surface area contributed by atoms with Gasteiger partial charge in [0.2, 0.25) is 0 Å². The van der Waals surface area contributed by atoms with E-state index in [9.17, 15) is 4.79 Å². The average Bonchev–Trinajstić information content (AvgIpc) is 3.16. The van der Waals surface area contributed by atoms with Gasteiger partial charge in [-0.3, -0.25) is 4.79 Å². The summed E-state index contributed by atoms with van der Waals surface area (Å²) in [5.41, 5.74) is 1.73. The Kier molecular flexibility index (Phi) is 3.86. The highest BCUT2D eigenvalue weighted by molar-refractivity contribution is 5.93. The van der Waals surface area contributed by atoms with Gasteiger partial charge in [-0.2, -0.15) is 0 Å². The van der Waals surface area contributed by atoms with Gasteiger partial charge in [-0.05, 0) is 42.2 Å². The van der Waals surface area contributed by atoms with Gasteiger partial charge in [0.1, 0.15) is 5.75 Å². The predicted octanol–water partition coefficient (Wildman–Crippen LogP) is 4.39. The molecule has 1 saturated carbocycles. The summed E-state index contributed by atoms with van der Waals surface area (Å²) in [6.45, 7) is 7.73. The number of rotatable bonds is 3. The molecular formula is C21H26N2O3. The van der Waals surface area contributed by atoms with Crippen LogP contribution in [-0.2, 0) is 0 Å². The Hall–Kier alpha value is -2.30. The van der Waals surface area contributed by atoms with Crippen LogP contribution < -0.4 is 4.74 Å². The number of aromatic nitrogens is 1. The van der Waals surface area contributed by atoms with E-state index < -0.39 is 0 Å². The van der Waals surface area contributed by atoms with Gasteiger partial charge in [0.25, 0.3) is 5.91 Å². The molecule has 2 aromatic rings. The van der Waals surface area contributed by atoms with E-state index >= 15 is 0 Å². The Morgan fingerprint density at radius 3 is 2.85 bits per heavy atom. The first-order valence-corrected chi connectivity index (χ1v) is 9.21. The average molecular weight is 354 g/mol. The summed E-state index contributed by atoms with van der Waals surface area (Å²) in [6, 6.07) is 9.61. The minimum absolute atomic E-state index is 0.0191. The SMILES string of the molecule is COc1cccc(-c2cc(C(=O)N3C[C@@]4(C)C[C@@H]3CC(C)(C)C4)no2)c1. The summed E-state index contributed by atoms with van der Waals surface area (Å²) in [5, 5.41) is 4.06. The zero-order valence-corrected chi connectivity index (χ0v) is 15.9. The number of ether oxygens (including phenoxy) is 1. The molecular weight excluding hydrogens is 328 g/mol. The molecule has 0 N–H and O–H groups in total. The number of hydrogen-bond acceptors (Lipinski definition) is 4. The first kappa shape index (κ1) is 17.1. The second-order valence-electron chi connectivity index (χ2n) is 8.96. The Morgan fingerprint density at radius 1 is 1.27 bits per heavy atom. The van der Waals surface area contributed by atoms with E-state index in [0.717, 1.165) is 37.1 Å². The van der Waals surface area contributed by atoms with Crippen molar-refractivity contribution in [1.29, 1.82) is 0 Å². The molecule has 26 heavy (non-hydrogen) atoms. The molecule has 2 aliphatic rings. The van der Waals surface area contributed by atoms with Crippen molar-refractivity contribution in [1.82, 2.24) is 10.1 Å². The molecule has 1 aliphatic heterocycles.